The van der Waals surface area contributed by atoms with Gasteiger partial charge in [-0.05, 0) is 30.7 Å². The van der Waals surface area contributed by atoms with Gasteiger partial charge in [0.2, 0.25) is 0 Å². The second kappa shape index (κ2) is 5.10. The van der Waals surface area contributed by atoms with Gasteiger partial charge >= 0.3 is 0 Å². The average molecular weight is 261 g/mol. The maximum atomic E-state index is 13.7. The summed E-state index contributed by atoms with van der Waals surface area (Å²) in [5.41, 5.74) is 7.36. The van der Waals surface area contributed by atoms with E-state index >= 15 is 0 Å². The van der Waals surface area contributed by atoms with Crippen LogP contribution in [-0.4, -0.2) is 9.97 Å². The molecule has 1 aromatic carbocycles. The molecule has 2 aromatic rings. The lowest BCUT2D eigenvalue weighted by molar-refractivity contribution is 0.631. The van der Waals surface area contributed by atoms with Gasteiger partial charge < -0.3 is 11.1 Å². The Balaban J connectivity index is 2.43. The number of benzene rings is 1. The van der Waals surface area contributed by atoms with Gasteiger partial charge in [0.1, 0.15) is 16.6 Å². The highest BCUT2D eigenvalue weighted by atomic mass is 32.1. The van der Waals surface area contributed by atoms with Crippen LogP contribution in [-0.2, 0) is 0 Å². The molecule has 92 valence electrons. The summed E-state index contributed by atoms with van der Waals surface area (Å²) in [6, 6.07) is 8.33. The second-order valence-electron chi connectivity index (χ2n) is 3.82. The number of nitrogens with two attached hydrogens (primary N) is 1. The van der Waals surface area contributed by atoms with Crippen molar-refractivity contribution >= 4 is 28.7 Å². The Bertz CT molecular complexity index is 578. The molecule has 0 amide bonds. The monoisotopic (exact) mass is 261 g/mol. The fourth-order valence-electron chi connectivity index (χ4n) is 1.61. The molecule has 0 fully saturated rings. The summed E-state index contributed by atoms with van der Waals surface area (Å²) in [4.78, 5) is 4.35. The van der Waals surface area contributed by atoms with E-state index in [1.54, 1.807) is 24.4 Å². The Hall–Kier alpha value is -2.01. The first-order valence-electron chi connectivity index (χ1n) is 5.36. The quantitative estimate of drug-likeness (QED) is 0.834. The van der Waals surface area contributed by atoms with Crippen molar-refractivity contribution in [2.45, 2.75) is 6.92 Å². The Kier molecular flexibility index (Phi) is 3.53. The number of para-hydroxylation sites is 1. The summed E-state index contributed by atoms with van der Waals surface area (Å²) < 4.78 is 13.7. The lowest BCUT2D eigenvalue weighted by Gasteiger charge is -2.12. The number of aryl methyl sites for hydroxylation is 1. The van der Waals surface area contributed by atoms with Crippen LogP contribution in [0.5, 0.6) is 0 Å². The normalized spacial score (nSPS) is 10.1. The first-order valence-corrected chi connectivity index (χ1v) is 5.77. The molecular weight excluding hydrogens is 249 g/mol. The lowest BCUT2D eigenvalue weighted by Crippen LogP contribution is -2.13. The predicted molar refractivity (Wildman–Crippen MR) is 74.5 cm³/mol. The lowest BCUT2D eigenvalue weighted by atomic mass is 10.2. The van der Waals surface area contributed by atoms with Gasteiger partial charge in [-0.15, -0.1) is 0 Å². The van der Waals surface area contributed by atoms with Gasteiger partial charge in [0.25, 0.3) is 0 Å². The molecule has 0 saturated carbocycles. The SMILES string of the molecule is Cc1cccc(F)c1Nc1ncccc1C(N)=S. The molecule has 18 heavy (non-hydrogen) atoms. The van der Waals surface area contributed by atoms with Gasteiger partial charge in [-0.3, -0.25) is 0 Å². The first-order chi connectivity index (χ1) is 8.59. The highest BCUT2D eigenvalue weighted by Crippen LogP contribution is 2.24. The number of nitrogens with zero attached hydrogens (tertiary/aromatic N) is 1. The molecule has 0 saturated heterocycles. The summed E-state index contributed by atoms with van der Waals surface area (Å²) in [6.07, 6.45) is 1.60. The number of hydrogen-bond donors (Lipinski definition) is 2. The fraction of sp³-hybridized carbons (Fsp3) is 0.0769. The summed E-state index contributed by atoms with van der Waals surface area (Å²) in [5.74, 6) is 0.118. The van der Waals surface area contributed by atoms with Crippen molar-refractivity contribution in [2.75, 3.05) is 5.32 Å². The summed E-state index contributed by atoms with van der Waals surface area (Å²) in [6.45, 7) is 1.81. The third kappa shape index (κ3) is 2.46. The molecule has 1 heterocycles. The Morgan fingerprint density at radius 1 is 1.33 bits per heavy atom. The first kappa shape index (κ1) is 12.4. The summed E-state index contributed by atoms with van der Waals surface area (Å²) in [7, 11) is 0. The van der Waals surface area contributed by atoms with E-state index in [4.69, 9.17) is 18.0 Å². The van der Waals surface area contributed by atoms with Crippen molar-refractivity contribution in [2.24, 2.45) is 5.73 Å². The molecule has 0 aliphatic carbocycles. The van der Waals surface area contributed by atoms with E-state index < -0.39 is 0 Å². The van der Waals surface area contributed by atoms with Crippen molar-refractivity contribution in [3.8, 4) is 0 Å². The molecule has 3 nitrogen and oxygen atoms in total. The van der Waals surface area contributed by atoms with Crippen LogP contribution < -0.4 is 11.1 Å². The largest absolute Gasteiger partial charge is 0.389 e. The van der Waals surface area contributed by atoms with E-state index in [0.717, 1.165) is 5.56 Å². The molecule has 0 aliphatic heterocycles. The number of thiocarbonyl (C=S) groups is 1. The van der Waals surface area contributed by atoms with Crippen LogP contribution in [0.3, 0.4) is 0 Å². The van der Waals surface area contributed by atoms with Gasteiger partial charge in [-0.2, -0.15) is 0 Å². The van der Waals surface area contributed by atoms with Crippen LogP contribution >= 0.6 is 12.2 Å². The average Bonchev–Trinajstić information content (AvgIpc) is 2.34. The van der Waals surface area contributed by atoms with Crippen molar-refractivity contribution in [1.29, 1.82) is 0 Å². The zero-order valence-corrected chi connectivity index (χ0v) is 10.6. The number of anilines is 2. The van der Waals surface area contributed by atoms with Crippen LogP contribution in [0.4, 0.5) is 15.9 Å². The van der Waals surface area contributed by atoms with Crippen molar-refractivity contribution in [1.82, 2.24) is 4.98 Å². The van der Waals surface area contributed by atoms with Crippen LogP contribution in [0.1, 0.15) is 11.1 Å². The van der Waals surface area contributed by atoms with Crippen LogP contribution in [0.2, 0.25) is 0 Å². The third-order valence-electron chi connectivity index (χ3n) is 2.54. The van der Waals surface area contributed by atoms with Gasteiger partial charge in [0, 0.05) is 6.20 Å². The molecule has 0 aliphatic rings. The molecule has 2 rings (SSSR count). The van der Waals surface area contributed by atoms with Crippen molar-refractivity contribution in [3.63, 3.8) is 0 Å². The van der Waals surface area contributed by atoms with Crippen LogP contribution in [0.15, 0.2) is 36.5 Å². The summed E-state index contributed by atoms with van der Waals surface area (Å²) in [5, 5.41) is 2.94. The molecule has 3 N–H and O–H groups in total. The predicted octanol–water partition coefficient (Wildman–Crippen LogP) is 2.91. The van der Waals surface area contributed by atoms with Gasteiger partial charge in [0.15, 0.2) is 0 Å². The molecule has 0 radical (unpaired) electrons. The zero-order valence-electron chi connectivity index (χ0n) is 9.77. The number of halogens is 1. The minimum absolute atomic E-state index is 0.222. The minimum Gasteiger partial charge on any atom is -0.389 e. The van der Waals surface area contributed by atoms with Crippen molar-refractivity contribution in [3.05, 3.63) is 53.5 Å². The highest BCUT2D eigenvalue weighted by molar-refractivity contribution is 7.80. The Labute approximate surface area is 110 Å². The molecule has 0 unspecified atom stereocenters. The second-order valence-corrected chi connectivity index (χ2v) is 4.26. The molecule has 0 atom stereocenters. The van der Waals surface area contributed by atoms with E-state index in [1.807, 2.05) is 13.0 Å². The number of aromatic nitrogens is 1. The van der Waals surface area contributed by atoms with Gasteiger partial charge in [-0.1, -0.05) is 24.4 Å². The molecule has 0 bridgehead atoms. The topological polar surface area (TPSA) is 50.9 Å². The van der Waals surface area contributed by atoms with E-state index in [2.05, 4.69) is 10.3 Å². The molecule has 1 aromatic heterocycles. The molecule has 0 spiro atoms. The minimum atomic E-state index is -0.338. The highest BCUT2D eigenvalue weighted by Gasteiger charge is 2.10. The maximum Gasteiger partial charge on any atom is 0.146 e. The van der Waals surface area contributed by atoms with Crippen molar-refractivity contribution < 1.29 is 4.39 Å². The van der Waals surface area contributed by atoms with E-state index in [-0.39, 0.29) is 10.8 Å². The number of hydrogen-bond acceptors (Lipinski definition) is 3. The molecular formula is C13H12FN3S. The van der Waals surface area contributed by atoms with Crippen LogP contribution in [0.25, 0.3) is 0 Å². The van der Waals surface area contributed by atoms with Gasteiger partial charge in [-0.25, -0.2) is 9.37 Å². The van der Waals surface area contributed by atoms with E-state index in [1.165, 1.54) is 6.07 Å². The standard InChI is InChI=1S/C13H12FN3S/c1-8-4-2-6-10(14)11(8)17-13-9(12(15)18)5-3-7-16-13/h2-7H,1H3,(H2,15,18)(H,16,17). The zero-order chi connectivity index (χ0) is 13.1. The Morgan fingerprint density at radius 3 is 2.78 bits per heavy atom. The smallest absolute Gasteiger partial charge is 0.146 e. The molecule has 5 heteroatoms. The van der Waals surface area contributed by atoms with Crippen LogP contribution in [0, 0.1) is 12.7 Å². The number of rotatable bonds is 3. The van der Waals surface area contributed by atoms with E-state index in [9.17, 15) is 4.39 Å². The number of nitrogens with one attached hydrogen (secondary N) is 1. The van der Waals surface area contributed by atoms with E-state index in [0.29, 0.717) is 17.1 Å². The number of pyridine rings is 1. The maximum absolute atomic E-state index is 13.7. The third-order valence-corrected chi connectivity index (χ3v) is 2.76. The fourth-order valence-corrected chi connectivity index (χ4v) is 1.78. The Morgan fingerprint density at radius 2 is 2.11 bits per heavy atom. The summed E-state index contributed by atoms with van der Waals surface area (Å²) >= 11 is 4.94. The van der Waals surface area contributed by atoms with Gasteiger partial charge in [0.05, 0.1) is 11.3 Å².